The van der Waals surface area contributed by atoms with Crippen molar-refractivity contribution < 1.29 is 13.5 Å². The fourth-order valence-corrected chi connectivity index (χ4v) is 6.23. The van der Waals surface area contributed by atoms with Gasteiger partial charge in [0.15, 0.2) is 0 Å². The summed E-state index contributed by atoms with van der Waals surface area (Å²) in [5.41, 5.74) is 1.12. The maximum absolute atomic E-state index is 12.3. The number of benzene rings is 1. The largest absolute Gasteiger partial charge is 0.488 e. The van der Waals surface area contributed by atoms with E-state index in [1.165, 1.54) is 103 Å². The second-order valence-electron chi connectivity index (χ2n) is 11.0. The zero-order chi connectivity index (χ0) is 24.0. The van der Waals surface area contributed by atoms with E-state index in [0.717, 1.165) is 23.3 Å². The van der Waals surface area contributed by atoms with E-state index < -0.39 is 13.0 Å². The van der Waals surface area contributed by atoms with Crippen LogP contribution in [0.15, 0.2) is 30.3 Å². The smallest absolute Gasteiger partial charge is 0.272 e. The van der Waals surface area contributed by atoms with Gasteiger partial charge < -0.3 is 4.74 Å². The van der Waals surface area contributed by atoms with E-state index in [0.29, 0.717) is 11.7 Å². The molecular formula is C31H48F2O. The summed E-state index contributed by atoms with van der Waals surface area (Å²) in [5.74, 6) is 4.14. The van der Waals surface area contributed by atoms with E-state index in [-0.39, 0.29) is 0 Å². The minimum Gasteiger partial charge on any atom is -0.488 e. The Bertz CT molecular complexity index is 667. The molecule has 0 atom stereocenters. The van der Waals surface area contributed by atoms with Crippen LogP contribution in [0.4, 0.5) is 8.78 Å². The van der Waals surface area contributed by atoms with Gasteiger partial charge in [-0.3, -0.25) is 0 Å². The average molecular weight is 475 g/mol. The first-order valence-corrected chi connectivity index (χ1v) is 14.3. The Morgan fingerprint density at radius 2 is 1.38 bits per heavy atom. The third kappa shape index (κ3) is 10.1. The Hall–Kier alpha value is -1.38. The van der Waals surface area contributed by atoms with Gasteiger partial charge in [0, 0.05) is 0 Å². The lowest BCUT2D eigenvalue weighted by Gasteiger charge is -2.37. The summed E-state index contributed by atoms with van der Waals surface area (Å²) in [5, 5.41) is 0. The summed E-state index contributed by atoms with van der Waals surface area (Å²) in [6, 6.07) is 7.47. The number of allylic oxidation sites excluding steroid dienone is 1. The summed E-state index contributed by atoms with van der Waals surface area (Å²) >= 11 is 0. The van der Waals surface area contributed by atoms with Gasteiger partial charge in [0.05, 0.1) is 0 Å². The molecule has 192 valence electrons. The van der Waals surface area contributed by atoms with Gasteiger partial charge in [0.2, 0.25) is 0 Å². The molecule has 2 fully saturated rings. The summed E-state index contributed by atoms with van der Waals surface area (Å²) in [6.45, 7) is 1.75. The Morgan fingerprint density at radius 1 is 0.794 bits per heavy atom. The zero-order valence-corrected chi connectivity index (χ0v) is 21.5. The Balaban J connectivity index is 1.27. The standard InChI is InChI=1S/C31H48F2O/c1-2-3-4-5-6-7-8-9-25-12-18-28(19-13-25)29-20-14-26(15-21-29)10-11-27-16-22-30(23-17-27)34-24-31(32)33/h10-11,16-17,22-23,25-26,28-29,31H,2-9,12-15,18-21,24H2,1H3. The quantitative estimate of drug-likeness (QED) is 0.244. The number of halogens is 2. The van der Waals surface area contributed by atoms with Crippen LogP contribution in [0.3, 0.4) is 0 Å². The Kier molecular flexibility index (Phi) is 12.5. The van der Waals surface area contributed by atoms with Crippen LogP contribution < -0.4 is 4.74 Å². The molecule has 1 nitrogen and oxygen atoms in total. The van der Waals surface area contributed by atoms with Gasteiger partial charge >= 0.3 is 0 Å². The number of ether oxygens (including phenoxy) is 1. The van der Waals surface area contributed by atoms with Crippen LogP contribution in [0.2, 0.25) is 0 Å². The Morgan fingerprint density at radius 3 is 2.00 bits per heavy atom. The summed E-state index contributed by atoms with van der Waals surface area (Å²) in [7, 11) is 0. The van der Waals surface area contributed by atoms with Crippen LogP contribution in [0, 0.1) is 23.7 Å². The van der Waals surface area contributed by atoms with Crippen molar-refractivity contribution in [3.8, 4) is 5.75 Å². The molecule has 0 bridgehead atoms. The molecule has 0 saturated heterocycles. The van der Waals surface area contributed by atoms with Gasteiger partial charge in [-0.1, -0.05) is 95.4 Å². The summed E-state index contributed by atoms with van der Waals surface area (Å²) in [4.78, 5) is 0. The second kappa shape index (κ2) is 15.6. The van der Waals surface area contributed by atoms with Crippen molar-refractivity contribution >= 4 is 6.08 Å². The molecule has 0 N–H and O–H groups in total. The molecule has 0 aliphatic heterocycles. The van der Waals surface area contributed by atoms with Crippen molar-refractivity contribution in [3.63, 3.8) is 0 Å². The summed E-state index contributed by atoms with van der Waals surface area (Å²) in [6.07, 6.45) is 25.0. The van der Waals surface area contributed by atoms with Gasteiger partial charge in [0.1, 0.15) is 12.4 Å². The number of hydrogen-bond acceptors (Lipinski definition) is 1. The van der Waals surface area contributed by atoms with Gasteiger partial charge in [-0.05, 0) is 79.9 Å². The number of hydrogen-bond donors (Lipinski definition) is 0. The van der Waals surface area contributed by atoms with E-state index in [9.17, 15) is 8.78 Å². The van der Waals surface area contributed by atoms with E-state index in [1.54, 1.807) is 12.1 Å². The summed E-state index contributed by atoms with van der Waals surface area (Å²) < 4.78 is 29.6. The zero-order valence-electron chi connectivity index (χ0n) is 21.5. The van der Waals surface area contributed by atoms with E-state index in [1.807, 2.05) is 12.1 Å². The normalized spacial score (nSPS) is 25.8. The monoisotopic (exact) mass is 474 g/mol. The maximum atomic E-state index is 12.3. The van der Waals surface area contributed by atoms with E-state index in [2.05, 4.69) is 19.1 Å². The predicted molar refractivity (Wildman–Crippen MR) is 140 cm³/mol. The SMILES string of the molecule is CCCCCCCCCC1CCC(C2CCC(C=Cc3ccc(OCC(F)F)cc3)CC2)CC1. The number of rotatable bonds is 14. The lowest BCUT2D eigenvalue weighted by Crippen LogP contribution is -2.25. The minimum atomic E-state index is -2.43. The molecule has 0 radical (unpaired) electrons. The molecule has 1 aromatic carbocycles. The molecule has 0 heterocycles. The topological polar surface area (TPSA) is 9.23 Å². The highest BCUT2D eigenvalue weighted by Gasteiger charge is 2.30. The molecule has 0 aromatic heterocycles. The predicted octanol–water partition coefficient (Wildman–Crippen LogP) is 10.1. The third-order valence-corrected chi connectivity index (χ3v) is 8.41. The van der Waals surface area contributed by atoms with Crippen LogP contribution in [-0.4, -0.2) is 13.0 Å². The second-order valence-corrected chi connectivity index (χ2v) is 11.0. The van der Waals surface area contributed by atoms with Crippen LogP contribution in [-0.2, 0) is 0 Å². The molecule has 0 unspecified atom stereocenters. The van der Waals surface area contributed by atoms with Crippen LogP contribution in [0.25, 0.3) is 6.08 Å². The van der Waals surface area contributed by atoms with Crippen molar-refractivity contribution in [2.75, 3.05) is 6.61 Å². The van der Waals surface area contributed by atoms with Crippen molar-refractivity contribution in [3.05, 3.63) is 35.9 Å². The number of unbranched alkanes of at least 4 members (excludes halogenated alkanes) is 6. The van der Waals surface area contributed by atoms with Crippen LogP contribution in [0.1, 0.15) is 115 Å². The maximum Gasteiger partial charge on any atom is 0.272 e. The van der Waals surface area contributed by atoms with Crippen LogP contribution in [0.5, 0.6) is 5.75 Å². The van der Waals surface area contributed by atoms with Gasteiger partial charge in [0.25, 0.3) is 6.43 Å². The molecule has 3 heteroatoms. The fourth-order valence-electron chi connectivity index (χ4n) is 6.23. The van der Waals surface area contributed by atoms with E-state index >= 15 is 0 Å². The number of alkyl halides is 2. The third-order valence-electron chi connectivity index (χ3n) is 8.41. The minimum absolute atomic E-state index is 0.509. The van der Waals surface area contributed by atoms with Crippen molar-refractivity contribution in [2.24, 2.45) is 23.7 Å². The highest BCUT2D eigenvalue weighted by Crippen LogP contribution is 2.42. The average Bonchev–Trinajstić information content (AvgIpc) is 2.87. The van der Waals surface area contributed by atoms with Crippen molar-refractivity contribution in [2.45, 2.75) is 116 Å². The molecular weight excluding hydrogens is 426 g/mol. The van der Waals surface area contributed by atoms with E-state index in [4.69, 9.17) is 4.74 Å². The fraction of sp³-hybridized carbons (Fsp3) is 0.742. The first kappa shape index (κ1) is 27.2. The first-order chi connectivity index (χ1) is 16.6. The highest BCUT2D eigenvalue weighted by atomic mass is 19.3. The molecule has 1 aromatic rings. The van der Waals surface area contributed by atoms with Gasteiger partial charge in [-0.15, -0.1) is 0 Å². The lowest BCUT2D eigenvalue weighted by molar-refractivity contribution is 0.0819. The highest BCUT2D eigenvalue weighted by molar-refractivity contribution is 5.50. The van der Waals surface area contributed by atoms with Crippen molar-refractivity contribution in [1.82, 2.24) is 0 Å². The van der Waals surface area contributed by atoms with Gasteiger partial charge in [-0.25, -0.2) is 8.78 Å². The molecule has 34 heavy (non-hydrogen) atoms. The van der Waals surface area contributed by atoms with Gasteiger partial charge in [-0.2, -0.15) is 0 Å². The molecule has 2 aliphatic carbocycles. The Labute approximate surface area is 207 Å². The molecule has 0 spiro atoms. The molecule has 2 aliphatic rings. The lowest BCUT2D eigenvalue weighted by atomic mass is 9.68. The molecule has 3 rings (SSSR count). The van der Waals surface area contributed by atoms with Crippen LogP contribution >= 0.6 is 0 Å². The van der Waals surface area contributed by atoms with Crippen molar-refractivity contribution in [1.29, 1.82) is 0 Å². The molecule has 0 amide bonds. The first-order valence-electron chi connectivity index (χ1n) is 14.3. The molecule has 2 saturated carbocycles.